The van der Waals surface area contributed by atoms with E-state index in [1.165, 1.54) is 48.9 Å². The quantitative estimate of drug-likeness (QED) is 0.803. The minimum absolute atomic E-state index is 0.482. The third-order valence-corrected chi connectivity index (χ3v) is 4.12. The Balaban J connectivity index is 1.83. The second kappa shape index (κ2) is 5.68. The molecule has 17 heavy (non-hydrogen) atoms. The fraction of sp³-hybridized carbons (Fsp3) is 0.625. The van der Waals surface area contributed by atoms with E-state index in [1.54, 1.807) is 0 Å². The van der Waals surface area contributed by atoms with Crippen LogP contribution in [0.1, 0.15) is 55.3 Å². The van der Waals surface area contributed by atoms with Crippen LogP contribution in [0.25, 0.3) is 0 Å². The summed E-state index contributed by atoms with van der Waals surface area (Å²) in [5, 5.41) is 3.66. The lowest BCUT2D eigenvalue weighted by Crippen LogP contribution is -2.24. The Bertz CT molecular complexity index is 366. The highest BCUT2D eigenvalue weighted by Gasteiger charge is 2.17. The topological polar surface area (TPSA) is 12.0 Å². The molecule has 94 valence electrons. The van der Waals surface area contributed by atoms with Crippen LogP contribution in [0.4, 0.5) is 0 Å². The van der Waals surface area contributed by atoms with Gasteiger partial charge in [0.25, 0.3) is 0 Å². The Morgan fingerprint density at radius 3 is 2.65 bits per heavy atom. The summed E-state index contributed by atoms with van der Waals surface area (Å²) in [6.45, 7) is 7.81. The van der Waals surface area contributed by atoms with Crippen molar-refractivity contribution in [2.24, 2.45) is 5.92 Å². The number of hydrogen-bond donors (Lipinski definition) is 1. The molecule has 1 saturated carbocycles. The Morgan fingerprint density at radius 1 is 1.29 bits per heavy atom. The van der Waals surface area contributed by atoms with Crippen LogP contribution >= 0.6 is 0 Å². The average molecular weight is 231 g/mol. The maximum absolute atomic E-state index is 3.66. The molecule has 0 spiro atoms. The molecule has 1 fully saturated rings. The van der Waals surface area contributed by atoms with E-state index in [1.807, 2.05) is 0 Å². The van der Waals surface area contributed by atoms with Crippen molar-refractivity contribution in [2.75, 3.05) is 6.54 Å². The maximum atomic E-state index is 3.66. The lowest BCUT2D eigenvalue weighted by Gasteiger charge is -2.26. The zero-order chi connectivity index (χ0) is 12.3. The SMILES string of the molecule is Cc1ccc(C(C)NCCC2CCC2)c(C)c1. The fourth-order valence-corrected chi connectivity index (χ4v) is 2.71. The van der Waals surface area contributed by atoms with E-state index < -0.39 is 0 Å². The van der Waals surface area contributed by atoms with Gasteiger partial charge in [-0.05, 0) is 50.8 Å². The van der Waals surface area contributed by atoms with Gasteiger partial charge in [0, 0.05) is 6.04 Å². The Kier molecular flexibility index (Phi) is 4.22. The van der Waals surface area contributed by atoms with Crippen molar-refractivity contribution in [3.63, 3.8) is 0 Å². The van der Waals surface area contributed by atoms with Gasteiger partial charge in [-0.3, -0.25) is 0 Å². The smallest absolute Gasteiger partial charge is 0.0294 e. The number of rotatable bonds is 5. The van der Waals surface area contributed by atoms with Crippen LogP contribution in [0.5, 0.6) is 0 Å². The molecule has 0 bridgehead atoms. The van der Waals surface area contributed by atoms with Gasteiger partial charge in [0.15, 0.2) is 0 Å². The fourth-order valence-electron chi connectivity index (χ4n) is 2.71. The van der Waals surface area contributed by atoms with Gasteiger partial charge in [0.2, 0.25) is 0 Å². The summed E-state index contributed by atoms with van der Waals surface area (Å²) in [5.41, 5.74) is 4.21. The van der Waals surface area contributed by atoms with Gasteiger partial charge in [0.1, 0.15) is 0 Å². The van der Waals surface area contributed by atoms with Crippen LogP contribution in [0.15, 0.2) is 18.2 Å². The van der Waals surface area contributed by atoms with E-state index in [0.29, 0.717) is 6.04 Å². The van der Waals surface area contributed by atoms with Crippen LogP contribution in [0.2, 0.25) is 0 Å². The first kappa shape index (κ1) is 12.6. The highest BCUT2D eigenvalue weighted by atomic mass is 14.9. The van der Waals surface area contributed by atoms with Gasteiger partial charge < -0.3 is 5.32 Å². The van der Waals surface area contributed by atoms with Crippen LogP contribution in [0.3, 0.4) is 0 Å². The molecule has 2 rings (SSSR count). The van der Waals surface area contributed by atoms with Crippen LogP contribution in [-0.4, -0.2) is 6.54 Å². The largest absolute Gasteiger partial charge is 0.310 e. The summed E-state index contributed by atoms with van der Waals surface area (Å²) in [7, 11) is 0. The normalized spacial score (nSPS) is 17.8. The molecule has 1 nitrogen and oxygen atoms in total. The molecule has 0 heterocycles. The molecule has 1 aliphatic rings. The summed E-state index contributed by atoms with van der Waals surface area (Å²) in [6.07, 6.45) is 5.73. The Hall–Kier alpha value is -0.820. The first-order valence-electron chi connectivity index (χ1n) is 6.97. The average Bonchev–Trinajstić information content (AvgIpc) is 2.21. The number of hydrogen-bond acceptors (Lipinski definition) is 1. The first-order valence-corrected chi connectivity index (χ1v) is 6.97. The third kappa shape index (κ3) is 3.32. The molecule has 1 heteroatoms. The molecule has 0 amide bonds. The second-order valence-electron chi connectivity index (χ2n) is 5.62. The zero-order valence-electron chi connectivity index (χ0n) is 11.4. The highest BCUT2D eigenvalue weighted by Crippen LogP contribution is 2.29. The van der Waals surface area contributed by atoms with Crippen molar-refractivity contribution in [1.29, 1.82) is 0 Å². The lowest BCUT2D eigenvalue weighted by atomic mass is 9.83. The van der Waals surface area contributed by atoms with Crippen molar-refractivity contribution in [3.8, 4) is 0 Å². The van der Waals surface area contributed by atoms with Gasteiger partial charge in [-0.15, -0.1) is 0 Å². The highest BCUT2D eigenvalue weighted by molar-refractivity contribution is 5.32. The van der Waals surface area contributed by atoms with E-state index in [4.69, 9.17) is 0 Å². The van der Waals surface area contributed by atoms with Gasteiger partial charge in [0.05, 0.1) is 0 Å². The van der Waals surface area contributed by atoms with Crippen molar-refractivity contribution in [1.82, 2.24) is 5.32 Å². The van der Waals surface area contributed by atoms with E-state index in [2.05, 4.69) is 44.3 Å². The number of aryl methyl sites for hydroxylation is 2. The summed E-state index contributed by atoms with van der Waals surface area (Å²) in [6, 6.07) is 7.24. The van der Waals surface area contributed by atoms with Crippen LogP contribution < -0.4 is 5.32 Å². The molecule has 1 aromatic rings. The van der Waals surface area contributed by atoms with Crippen molar-refractivity contribution in [3.05, 3.63) is 34.9 Å². The summed E-state index contributed by atoms with van der Waals surface area (Å²) < 4.78 is 0. The van der Waals surface area contributed by atoms with Gasteiger partial charge >= 0.3 is 0 Å². The molecule has 0 aromatic heterocycles. The molecule has 1 atom stereocenters. The molecule has 1 aliphatic carbocycles. The Morgan fingerprint density at radius 2 is 2.06 bits per heavy atom. The molecule has 1 N–H and O–H groups in total. The molecular formula is C16H25N. The van der Waals surface area contributed by atoms with Gasteiger partial charge in [-0.1, -0.05) is 43.0 Å². The monoisotopic (exact) mass is 231 g/mol. The third-order valence-electron chi connectivity index (χ3n) is 4.12. The number of nitrogens with one attached hydrogen (secondary N) is 1. The number of benzene rings is 1. The Labute approximate surface area is 106 Å². The lowest BCUT2D eigenvalue weighted by molar-refractivity contribution is 0.288. The van der Waals surface area contributed by atoms with Crippen molar-refractivity contribution < 1.29 is 0 Å². The van der Waals surface area contributed by atoms with Crippen molar-refractivity contribution >= 4 is 0 Å². The summed E-state index contributed by atoms with van der Waals surface area (Å²) in [5.74, 6) is 1.01. The standard InChI is InChI=1S/C16H25N/c1-12-7-8-16(13(2)11-12)14(3)17-10-9-15-5-4-6-15/h7-8,11,14-15,17H,4-6,9-10H2,1-3H3. The molecule has 0 saturated heterocycles. The van der Waals surface area contributed by atoms with E-state index in [9.17, 15) is 0 Å². The van der Waals surface area contributed by atoms with Gasteiger partial charge in [-0.25, -0.2) is 0 Å². The molecule has 0 aliphatic heterocycles. The molecular weight excluding hydrogens is 206 g/mol. The van der Waals surface area contributed by atoms with E-state index in [-0.39, 0.29) is 0 Å². The first-order chi connectivity index (χ1) is 8.16. The summed E-state index contributed by atoms with van der Waals surface area (Å²) >= 11 is 0. The van der Waals surface area contributed by atoms with E-state index >= 15 is 0 Å². The van der Waals surface area contributed by atoms with E-state index in [0.717, 1.165) is 5.92 Å². The van der Waals surface area contributed by atoms with Crippen LogP contribution in [-0.2, 0) is 0 Å². The predicted octanol–water partition coefficient (Wildman–Crippen LogP) is 4.14. The summed E-state index contributed by atoms with van der Waals surface area (Å²) in [4.78, 5) is 0. The maximum Gasteiger partial charge on any atom is 0.0294 e. The minimum Gasteiger partial charge on any atom is -0.310 e. The predicted molar refractivity (Wildman–Crippen MR) is 74.3 cm³/mol. The molecule has 0 radical (unpaired) electrons. The zero-order valence-corrected chi connectivity index (χ0v) is 11.4. The minimum atomic E-state index is 0.482. The van der Waals surface area contributed by atoms with Crippen LogP contribution in [0, 0.1) is 19.8 Å². The molecule has 1 aromatic carbocycles. The second-order valence-corrected chi connectivity index (χ2v) is 5.62. The van der Waals surface area contributed by atoms with Gasteiger partial charge in [-0.2, -0.15) is 0 Å². The molecule has 1 unspecified atom stereocenters. The van der Waals surface area contributed by atoms with Crippen molar-refractivity contribution in [2.45, 2.75) is 52.5 Å².